The molecule has 7 N–H and O–H groups in total. The van der Waals surface area contributed by atoms with Gasteiger partial charge < -0.3 is 46.6 Å². The monoisotopic (exact) mass is 1090 g/mol. The van der Waals surface area contributed by atoms with Crippen molar-refractivity contribution in [2.75, 3.05) is 67.2 Å². The molecule has 0 saturated carbocycles. The minimum Gasteiger partial charge on any atom is -0.507 e. The van der Waals surface area contributed by atoms with E-state index < -0.39 is 46.4 Å². The van der Waals surface area contributed by atoms with Crippen molar-refractivity contribution in [3.8, 4) is 28.8 Å². The lowest BCUT2D eigenvalue weighted by molar-refractivity contribution is -0.118. The average molecular weight is 1090 g/mol. The fourth-order valence-electron chi connectivity index (χ4n) is 10.6. The summed E-state index contributed by atoms with van der Waals surface area (Å²) in [5, 5.41) is 42.6. The van der Waals surface area contributed by atoms with E-state index in [1.165, 1.54) is 54.8 Å². The zero-order valence-electron chi connectivity index (χ0n) is 43.8. The summed E-state index contributed by atoms with van der Waals surface area (Å²) in [5.74, 6) is -3.04. The molecular weight excluding hydrogens is 1020 g/mol. The number of rotatable bonds is 20. The molecule has 0 aliphatic carbocycles. The molecule has 2 saturated heterocycles. The highest BCUT2D eigenvalue weighted by Crippen LogP contribution is 2.53. The van der Waals surface area contributed by atoms with Gasteiger partial charge in [0.1, 0.15) is 28.5 Å². The van der Waals surface area contributed by atoms with E-state index in [9.17, 15) is 20.0 Å². The molecule has 2 amide bonds. The molecule has 77 heavy (non-hydrogen) atoms. The predicted molar refractivity (Wildman–Crippen MR) is 301 cm³/mol. The lowest BCUT2D eigenvalue weighted by Crippen LogP contribution is -2.46. The Kier molecular flexibility index (Phi) is 18.2. The van der Waals surface area contributed by atoms with Crippen molar-refractivity contribution in [3.05, 3.63) is 153 Å². The molecule has 1 aromatic heterocycles. The van der Waals surface area contributed by atoms with Crippen LogP contribution < -0.4 is 41.5 Å². The second-order valence-corrected chi connectivity index (χ2v) is 21.8. The number of amides is 2. The highest BCUT2D eigenvalue weighted by molar-refractivity contribution is 6.31. The molecule has 18 heteroatoms. The molecule has 4 atom stereocenters. The van der Waals surface area contributed by atoms with Gasteiger partial charge in [-0.2, -0.15) is 5.26 Å². The van der Waals surface area contributed by atoms with Gasteiger partial charge in [-0.25, -0.2) is 8.78 Å². The number of piperazine rings is 1. The van der Waals surface area contributed by atoms with E-state index in [1.807, 2.05) is 39.0 Å². The van der Waals surface area contributed by atoms with Gasteiger partial charge in [0.25, 0.3) is 5.91 Å². The lowest BCUT2D eigenvalue weighted by Gasteiger charge is -2.37. The van der Waals surface area contributed by atoms with Gasteiger partial charge in [-0.1, -0.05) is 106 Å². The Morgan fingerprint density at radius 1 is 0.883 bits per heavy atom. The number of nitrogens with zero attached hydrogens (tertiary/aromatic N) is 5. The number of para-hydroxylation sites is 1. The number of methoxy groups -OCH3 is 1. The Morgan fingerprint density at radius 2 is 1.60 bits per heavy atom. The van der Waals surface area contributed by atoms with Gasteiger partial charge in [0.05, 0.1) is 41.3 Å². The Balaban J connectivity index is 0.775. The molecule has 2 aliphatic heterocycles. The van der Waals surface area contributed by atoms with Gasteiger partial charge >= 0.3 is 0 Å². The minimum absolute atomic E-state index is 0.0262. The van der Waals surface area contributed by atoms with Crippen molar-refractivity contribution in [1.82, 2.24) is 26.1 Å². The number of ether oxygens (including phenoxy) is 1. The first-order valence-corrected chi connectivity index (χ1v) is 26.8. The van der Waals surface area contributed by atoms with Crippen LogP contribution in [0.25, 0.3) is 11.3 Å². The molecule has 0 bridgehead atoms. The number of halogens is 4. The second kappa shape index (κ2) is 25.0. The van der Waals surface area contributed by atoms with Gasteiger partial charge in [0, 0.05) is 78.6 Å². The first-order chi connectivity index (χ1) is 37.0. The van der Waals surface area contributed by atoms with Crippen molar-refractivity contribution in [1.29, 1.82) is 5.26 Å². The van der Waals surface area contributed by atoms with Crippen LogP contribution in [0.15, 0.2) is 109 Å². The molecule has 3 heterocycles. The number of carbonyl (C=O) groups excluding carboxylic acids is 2. The Morgan fingerprint density at radius 3 is 2.30 bits per heavy atom. The maximum Gasteiger partial charge on any atom is 0.251 e. The molecule has 0 spiro atoms. The van der Waals surface area contributed by atoms with Crippen LogP contribution in [0, 0.1) is 28.4 Å². The number of hydrogen-bond donors (Lipinski definition) is 6. The average Bonchev–Trinajstić information content (AvgIpc) is 3.95. The van der Waals surface area contributed by atoms with Crippen LogP contribution in [-0.4, -0.2) is 85.6 Å². The summed E-state index contributed by atoms with van der Waals surface area (Å²) in [7, 11) is 1.42. The van der Waals surface area contributed by atoms with Gasteiger partial charge in [-0.15, -0.1) is 10.2 Å². The molecule has 0 radical (unpaired) electrons. The highest BCUT2D eigenvalue weighted by Gasteiger charge is 2.61. The molecule has 404 valence electrons. The second-order valence-electron chi connectivity index (χ2n) is 20.9. The topological polar surface area (TPSA) is 194 Å². The van der Waals surface area contributed by atoms with Crippen LogP contribution in [0.3, 0.4) is 0 Å². The molecule has 0 unspecified atom stereocenters. The Hall–Kier alpha value is -7.03. The number of benzene rings is 5. The number of phenolic OH excluding ortho intramolecular Hbond substituents is 1. The van der Waals surface area contributed by atoms with Crippen LogP contribution in [-0.2, 0) is 16.8 Å². The van der Waals surface area contributed by atoms with E-state index in [0.717, 1.165) is 83.1 Å². The third kappa shape index (κ3) is 13.0. The molecule has 5 aromatic carbocycles. The number of aromatic hydroxyl groups is 1. The lowest BCUT2D eigenvalue weighted by atomic mass is 9.62. The van der Waals surface area contributed by atoms with Crippen LogP contribution in [0.1, 0.15) is 92.3 Å². The number of nitrogen functional groups attached to an aromatic ring is 1. The van der Waals surface area contributed by atoms with Crippen molar-refractivity contribution in [3.63, 3.8) is 0 Å². The first-order valence-electron chi connectivity index (χ1n) is 26.1. The Labute approximate surface area is 459 Å². The largest absolute Gasteiger partial charge is 0.507 e. The maximum absolute atomic E-state index is 16.2. The van der Waals surface area contributed by atoms with Crippen molar-refractivity contribution >= 4 is 57.9 Å². The number of nitrogens with two attached hydrogens (primary N) is 1. The predicted octanol–water partition coefficient (Wildman–Crippen LogP) is 10.8. The van der Waals surface area contributed by atoms with E-state index in [2.05, 4.69) is 71.6 Å². The van der Waals surface area contributed by atoms with Gasteiger partial charge in [0.2, 0.25) is 5.91 Å². The van der Waals surface area contributed by atoms with Crippen molar-refractivity contribution in [2.45, 2.75) is 89.3 Å². The molecule has 2 fully saturated rings. The molecular formula is C59H66Cl2F2N10O4. The molecule has 6 aromatic rings. The fraction of sp³-hybridized carbons (Fsp3) is 0.373. The standard InChI is InChI=1S/C59H66Cl2F2N10O4/c1-58(2,3)34-51-59(36-64,43-23-20-39(60)32-45(43)62)52(42-14-12-15-44(61)53(42)63)54(69-51)57(76)68-46-24-19-38(31-50(46)77-4)56(75)67-26-11-7-5-6-10-25-66-35-37-17-21-40(22-18-37)72-27-29-73(30-28-72)48-33-47(70-71-55(48)65)41-13-8-9-16-49(41)74/h8-9,12-24,31-33,51-52,54,66,69,74H,5-7,10-11,25-30,34-35H2,1-4H3,(H2,65,71)(H,67,75)(H,68,76)/t51-,52-,54+,59-/m0/s1. The number of aromatic nitrogens is 2. The summed E-state index contributed by atoms with van der Waals surface area (Å²) in [5.41, 5.74) is 8.97. The van der Waals surface area contributed by atoms with Crippen LogP contribution >= 0.6 is 23.2 Å². The van der Waals surface area contributed by atoms with E-state index >= 15 is 8.78 Å². The van der Waals surface area contributed by atoms with Crippen molar-refractivity contribution in [2.24, 2.45) is 5.41 Å². The smallest absolute Gasteiger partial charge is 0.251 e. The summed E-state index contributed by atoms with van der Waals surface area (Å²) in [4.78, 5) is 32.4. The van der Waals surface area contributed by atoms with Crippen LogP contribution in [0.4, 0.5) is 31.7 Å². The van der Waals surface area contributed by atoms with Crippen LogP contribution in [0.2, 0.25) is 10.0 Å². The molecule has 2 aliphatic rings. The normalized spacial score (nSPS) is 18.5. The van der Waals surface area contributed by atoms with E-state index in [1.54, 1.807) is 24.3 Å². The molecule has 14 nitrogen and oxygen atoms in total. The molecule has 8 rings (SSSR count). The number of hydrogen-bond acceptors (Lipinski definition) is 12. The van der Waals surface area contributed by atoms with Crippen LogP contribution in [0.5, 0.6) is 11.5 Å². The summed E-state index contributed by atoms with van der Waals surface area (Å²) in [6, 6.07) is 31.0. The maximum atomic E-state index is 16.2. The third-order valence-corrected chi connectivity index (χ3v) is 15.0. The SMILES string of the molecule is COc1cc(C(=O)NCCCCCCCNCc2ccc(N3CCN(c4cc(-c5ccccc5O)nnc4N)CC3)cc2)ccc1NC(=O)[C@@H]1N[C@@H](CC(C)(C)C)[C@](C#N)(c2ccc(Cl)cc2F)[C@H]1c1cccc(Cl)c1F. The summed E-state index contributed by atoms with van der Waals surface area (Å²) < 4.78 is 37.9. The van der Waals surface area contributed by atoms with Crippen molar-refractivity contribution < 1.29 is 28.2 Å². The number of nitrogens with one attached hydrogen (secondary N) is 4. The number of nitriles is 1. The first kappa shape index (κ1) is 56.2. The van der Waals surface area contributed by atoms with Gasteiger partial charge in [0.15, 0.2) is 5.82 Å². The number of carbonyl (C=O) groups is 2. The van der Waals surface area contributed by atoms with Gasteiger partial charge in [-0.05, 0) is 109 Å². The summed E-state index contributed by atoms with van der Waals surface area (Å²) in [6.45, 7) is 11.3. The highest BCUT2D eigenvalue weighted by atomic mass is 35.5. The number of phenols is 1. The van der Waals surface area contributed by atoms with Gasteiger partial charge in [-0.3, -0.25) is 9.59 Å². The number of unbranched alkanes of at least 4 members (excludes halogenated alkanes) is 4. The zero-order valence-corrected chi connectivity index (χ0v) is 45.3. The van der Waals surface area contributed by atoms with E-state index in [-0.39, 0.29) is 44.3 Å². The zero-order chi connectivity index (χ0) is 54.9. The third-order valence-electron chi connectivity index (χ3n) is 14.5. The van der Waals surface area contributed by atoms with E-state index in [0.29, 0.717) is 35.6 Å². The minimum atomic E-state index is -1.80. The summed E-state index contributed by atoms with van der Waals surface area (Å²) in [6.07, 6.45) is 5.21. The fourth-order valence-corrected chi connectivity index (χ4v) is 11.0. The van der Waals surface area contributed by atoms with E-state index in [4.69, 9.17) is 33.7 Å². The quantitative estimate of drug-likeness (QED) is 0.0397. The Bertz CT molecular complexity index is 3090. The number of anilines is 4. The summed E-state index contributed by atoms with van der Waals surface area (Å²) >= 11 is 12.5.